The van der Waals surface area contributed by atoms with Crippen LogP contribution in [0.25, 0.3) is 0 Å². The molecule has 1 unspecified atom stereocenters. The summed E-state index contributed by atoms with van der Waals surface area (Å²) in [6.07, 6.45) is 2.54. The van der Waals surface area contributed by atoms with E-state index >= 15 is 0 Å². The van der Waals surface area contributed by atoms with Crippen molar-refractivity contribution in [3.8, 4) is 0 Å². The summed E-state index contributed by atoms with van der Waals surface area (Å²) in [5, 5.41) is 4.20. The Balaban J connectivity index is 1.85. The van der Waals surface area contributed by atoms with E-state index in [2.05, 4.69) is 11.4 Å². The van der Waals surface area contributed by atoms with Crippen molar-refractivity contribution < 1.29 is 9.53 Å². The van der Waals surface area contributed by atoms with Crippen LogP contribution in [0.3, 0.4) is 0 Å². The van der Waals surface area contributed by atoms with Crippen LogP contribution >= 0.6 is 11.6 Å². The molecule has 18 heavy (non-hydrogen) atoms. The summed E-state index contributed by atoms with van der Waals surface area (Å²) in [5.74, 6) is -0.140. The molecule has 0 saturated heterocycles. The Labute approximate surface area is 112 Å². The summed E-state index contributed by atoms with van der Waals surface area (Å²) < 4.78 is 4.90. The SMILES string of the molecule is CCOC(=O)CCNC1CCc2cc(Cl)ccc21. The highest BCUT2D eigenvalue weighted by Crippen LogP contribution is 2.32. The highest BCUT2D eigenvalue weighted by atomic mass is 35.5. The summed E-state index contributed by atoms with van der Waals surface area (Å²) in [6, 6.07) is 6.37. The van der Waals surface area contributed by atoms with Gasteiger partial charge in [-0.3, -0.25) is 4.79 Å². The number of benzene rings is 1. The molecule has 0 aliphatic heterocycles. The lowest BCUT2D eigenvalue weighted by Gasteiger charge is -2.13. The van der Waals surface area contributed by atoms with E-state index in [1.807, 2.05) is 19.1 Å². The zero-order chi connectivity index (χ0) is 13.0. The predicted molar refractivity (Wildman–Crippen MR) is 71.8 cm³/mol. The minimum Gasteiger partial charge on any atom is -0.466 e. The molecule has 1 aliphatic rings. The molecule has 0 amide bonds. The van der Waals surface area contributed by atoms with E-state index in [-0.39, 0.29) is 5.97 Å². The number of hydrogen-bond donors (Lipinski definition) is 1. The fourth-order valence-corrected chi connectivity index (χ4v) is 2.57. The first kappa shape index (κ1) is 13.4. The van der Waals surface area contributed by atoms with E-state index in [9.17, 15) is 4.79 Å². The van der Waals surface area contributed by atoms with Crippen molar-refractivity contribution in [2.45, 2.75) is 32.2 Å². The maximum absolute atomic E-state index is 11.2. The monoisotopic (exact) mass is 267 g/mol. The molecule has 0 heterocycles. The fourth-order valence-electron chi connectivity index (χ4n) is 2.38. The number of esters is 1. The third kappa shape index (κ3) is 3.24. The zero-order valence-electron chi connectivity index (χ0n) is 10.5. The van der Waals surface area contributed by atoms with Crippen LogP contribution < -0.4 is 5.32 Å². The van der Waals surface area contributed by atoms with Gasteiger partial charge >= 0.3 is 5.97 Å². The van der Waals surface area contributed by atoms with E-state index in [0.29, 0.717) is 25.6 Å². The molecule has 1 aromatic rings. The number of aryl methyl sites for hydroxylation is 1. The van der Waals surface area contributed by atoms with Gasteiger partial charge in [0.25, 0.3) is 0 Å². The van der Waals surface area contributed by atoms with Crippen molar-refractivity contribution in [1.82, 2.24) is 5.32 Å². The average Bonchev–Trinajstić information content (AvgIpc) is 2.72. The lowest BCUT2D eigenvalue weighted by molar-refractivity contribution is -0.143. The molecule has 4 heteroatoms. The number of carbonyl (C=O) groups excluding carboxylic acids is 1. The molecule has 0 radical (unpaired) electrons. The van der Waals surface area contributed by atoms with E-state index in [1.54, 1.807) is 0 Å². The van der Waals surface area contributed by atoms with Gasteiger partial charge in [0.2, 0.25) is 0 Å². The first-order valence-electron chi connectivity index (χ1n) is 6.38. The van der Waals surface area contributed by atoms with Crippen LogP contribution in [0, 0.1) is 0 Å². The minimum absolute atomic E-state index is 0.140. The Morgan fingerprint density at radius 3 is 3.17 bits per heavy atom. The average molecular weight is 268 g/mol. The van der Waals surface area contributed by atoms with Crippen molar-refractivity contribution in [2.75, 3.05) is 13.2 Å². The highest BCUT2D eigenvalue weighted by Gasteiger charge is 2.21. The molecule has 1 aromatic carbocycles. The topological polar surface area (TPSA) is 38.3 Å². The Bertz CT molecular complexity index is 434. The number of hydrogen-bond acceptors (Lipinski definition) is 3. The normalized spacial score (nSPS) is 17.6. The molecule has 1 atom stereocenters. The van der Waals surface area contributed by atoms with Crippen molar-refractivity contribution in [1.29, 1.82) is 0 Å². The lowest BCUT2D eigenvalue weighted by Crippen LogP contribution is -2.23. The number of ether oxygens (including phenoxy) is 1. The summed E-state index contributed by atoms with van der Waals surface area (Å²) >= 11 is 5.97. The number of nitrogens with one attached hydrogen (secondary N) is 1. The van der Waals surface area contributed by atoms with Gasteiger partial charge in [-0.25, -0.2) is 0 Å². The molecule has 0 bridgehead atoms. The Hall–Kier alpha value is -1.06. The number of halogens is 1. The van der Waals surface area contributed by atoms with Gasteiger partial charge in [-0.2, -0.15) is 0 Å². The second-order valence-corrected chi connectivity index (χ2v) is 4.88. The summed E-state index contributed by atoms with van der Waals surface area (Å²) in [4.78, 5) is 11.2. The molecular weight excluding hydrogens is 250 g/mol. The number of rotatable bonds is 5. The van der Waals surface area contributed by atoms with Crippen molar-refractivity contribution in [2.24, 2.45) is 0 Å². The van der Waals surface area contributed by atoms with E-state index in [1.165, 1.54) is 11.1 Å². The van der Waals surface area contributed by atoms with Gasteiger partial charge in [-0.1, -0.05) is 17.7 Å². The first-order valence-corrected chi connectivity index (χ1v) is 6.76. The largest absolute Gasteiger partial charge is 0.466 e. The van der Waals surface area contributed by atoms with Crippen LogP contribution in [0.1, 0.15) is 36.9 Å². The molecule has 98 valence electrons. The third-order valence-electron chi connectivity index (χ3n) is 3.21. The second kappa shape index (κ2) is 6.21. The highest BCUT2D eigenvalue weighted by molar-refractivity contribution is 6.30. The molecule has 1 N–H and O–H groups in total. The zero-order valence-corrected chi connectivity index (χ0v) is 11.3. The van der Waals surface area contributed by atoms with Crippen LogP contribution in [0.15, 0.2) is 18.2 Å². The summed E-state index contributed by atoms with van der Waals surface area (Å²) in [5.41, 5.74) is 2.62. The van der Waals surface area contributed by atoms with Crippen LogP contribution in [0.2, 0.25) is 5.02 Å². The second-order valence-electron chi connectivity index (χ2n) is 4.44. The van der Waals surface area contributed by atoms with Crippen LogP contribution in [0.4, 0.5) is 0 Å². The molecule has 3 nitrogen and oxygen atoms in total. The maximum atomic E-state index is 11.2. The number of fused-ring (bicyclic) bond motifs is 1. The van der Waals surface area contributed by atoms with Gasteiger partial charge in [0.05, 0.1) is 13.0 Å². The minimum atomic E-state index is -0.140. The lowest BCUT2D eigenvalue weighted by atomic mass is 10.1. The van der Waals surface area contributed by atoms with Gasteiger partial charge in [-0.15, -0.1) is 0 Å². The fraction of sp³-hybridized carbons (Fsp3) is 0.500. The molecule has 1 aliphatic carbocycles. The van der Waals surface area contributed by atoms with Crippen LogP contribution in [-0.4, -0.2) is 19.1 Å². The molecule has 0 aromatic heterocycles. The smallest absolute Gasteiger partial charge is 0.307 e. The molecule has 0 saturated carbocycles. The first-order chi connectivity index (χ1) is 8.70. The van der Waals surface area contributed by atoms with Gasteiger partial charge < -0.3 is 10.1 Å². The van der Waals surface area contributed by atoms with Gasteiger partial charge in [0, 0.05) is 17.6 Å². The van der Waals surface area contributed by atoms with Gasteiger partial charge in [0.15, 0.2) is 0 Å². The molecule has 2 rings (SSSR count). The number of carbonyl (C=O) groups is 1. The van der Waals surface area contributed by atoms with Crippen molar-refractivity contribution >= 4 is 17.6 Å². The summed E-state index contributed by atoms with van der Waals surface area (Å²) in [6.45, 7) is 2.93. The van der Waals surface area contributed by atoms with Gasteiger partial charge in [0.1, 0.15) is 0 Å². The van der Waals surface area contributed by atoms with E-state index in [4.69, 9.17) is 16.3 Å². The third-order valence-corrected chi connectivity index (χ3v) is 3.44. The molecule has 0 spiro atoms. The van der Waals surface area contributed by atoms with Crippen LogP contribution in [-0.2, 0) is 16.0 Å². The van der Waals surface area contributed by atoms with Crippen molar-refractivity contribution in [3.05, 3.63) is 34.3 Å². The maximum Gasteiger partial charge on any atom is 0.307 e. The van der Waals surface area contributed by atoms with Gasteiger partial charge in [-0.05, 0) is 43.0 Å². The predicted octanol–water partition coefficient (Wildman–Crippen LogP) is 2.87. The Kier molecular flexibility index (Phi) is 4.61. The summed E-state index contributed by atoms with van der Waals surface area (Å²) in [7, 11) is 0. The standard InChI is InChI=1S/C14H18ClNO2/c1-2-18-14(17)7-8-16-13-6-3-10-9-11(15)4-5-12(10)13/h4-5,9,13,16H,2-3,6-8H2,1H3. The molecule has 0 fully saturated rings. The van der Waals surface area contributed by atoms with Crippen molar-refractivity contribution in [3.63, 3.8) is 0 Å². The van der Waals surface area contributed by atoms with E-state index in [0.717, 1.165) is 17.9 Å². The Morgan fingerprint density at radius 1 is 1.56 bits per heavy atom. The molecular formula is C14H18ClNO2. The Morgan fingerprint density at radius 2 is 2.39 bits per heavy atom. The van der Waals surface area contributed by atoms with Crippen LogP contribution in [0.5, 0.6) is 0 Å². The van der Waals surface area contributed by atoms with E-state index < -0.39 is 0 Å². The quantitative estimate of drug-likeness (QED) is 0.834.